The number of benzene rings is 1. The minimum absolute atomic E-state index is 0.0109. The zero-order chi connectivity index (χ0) is 15.7. The zero-order valence-electron chi connectivity index (χ0n) is 11.9. The molecule has 114 valence electrons. The van der Waals surface area contributed by atoms with E-state index in [4.69, 9.17) is 0 Å². The number of amides is 1. The zero-order valence-corrected chi connectivity index (χ0v) is 11.9. The van der Waals surface area contributed by atoms with E-state index in [1.807, 2.05) is 6.07 Å². The standard InChI is InChI=1S/C15H14F2N4O/c1-18-14-6-10-8-21(3-2-13(10)19-20-14)15(22)9-4-11(16)7-12(17)5-9/h4-7H,2-3,8H2,1H3,(H,18,20). The van der Waals surface area contributed by atoms with Gasteiger partial charge in [0.1, 0.15) is 17.5 Å². The number of carbonyl (C=O) groups is 1. The lowest BCUT2D eigenvalue weighted by molar-refractivity contribution is 0.0732. The van der Waals surface area contributed by atoms with E-state index in [0.29, 0.717) is 25.3 Å². The fourth-order valence-electron chi connectivity index (χ4n) is 2.48. The van der Waals surface area contributed by atoms with Gasteiger partial charge in [0.25, 0.3) is 5.91 Å². The molecular weight excluding hydrogens is 290 g/mol. The average molecular weight is 304 g/mol. The SMILES string of the molecule is CNc1cc2c(nn1)CCN(C(=O)c1cc(F)cc(F)c1)C2. The highest BCUT2D eigenvalue weighted by Gasteiger charge is 2.24. The molecule has 7 heteroatoms. The first-order chi connectivity index (χ1) is 10.6. The number of rotatable bonds is 2. The van der Waals surface area contributed by atoms with Crippen molar-refractivity contribution in [2.45, 2.75) is 13.0 Å². The van der Waals surface area contributed by atoms with Crippen LogP contribution in [0.4, 0.5) is 14.6 Å². The molecule has 0 saturated carbocycles. The highest BCUT2D eigenvalue weighted by atomic mass is 19.1. The summed E-state index contributed by atoms with van der Waals surface area (Å²) in [7, 11) is 1.73. The van der Waals surface area contributed by atoms with Crippen LogP contribution in [0.2, 0.25) is 0 Å². The molecule has 0 aliphatic carbocycles. The van der Waals surface area contributed by atoms with Crippen molar-refractivity contribution in [2.24, 2.45) is 0 Å². The van der Waals surface area contributed by atoms with E-state index in [2.05, 4.69) is 15.5 Å². The van der Waals surface area contributed by atoms with E-state index < -0.39 is 17.5 Å². The number of nitrogens with one attached hydrogen (secondary N) is 1. The summed E-state index contributed by atoms with van der Waals surface area (Å²) >= 11 is 0. The summed E-state index contributed by atoms with van der Waals surface area (Å²) in [6.07, 6.45) is 0.565. The van der Waals surface area contributed by atoms with Crippen LogP contribution in [0.1, 0.15) is 21.6 Å². The number of nitrogens with zero attached hydrogens (tertiary/aromatic N) is 3. The molecule has 1 aliphatic rings. The van der Waals surface area contributed by atoms with Gasteiger partial charge in [-0.05, 0) is 23.8 Å². The smallest absolute Gasteiger partial charge is 0.254 e. The number of halogens is 2. The van der Waals surface area contributed by atoms with E-state index in [-0.39, 0.29) is 5.56 Å². The molecule has 5 nitrogen and oxygen atoms in total. The van der Waals surface area contributed by atoms with E-state index in [1.54, 1.807) is 11.9 Å². The quantitative estimate of drug-likeness (QED) is 0.922. The predicted octanol–water partition coefficient (Wildman–Crippen LogP) is 1.99. The Morgan fingerprint density at radius 1 is 1.18 bits per heavy atom. The summed E-state index contributed by atoms with van der Waals surface area (Å²) in [5.41, 5.74) is 1.74. The Morgan fingerprint density at radius 2 is 1.91 bits per heavy atom. The van der Waals surface area contributed by atoms with Gasteiger partial charge in [0.05, 0.1) is 5.69 Å². The second-order valence-electron chi connectivity index (χ2n) is 5.09. The second kappa shape index (κ2) is 5.67. The first kappa shape index (κ1) is 14.4. The number of anilines is 1. The molecule has 1 amide bonds. The molecule has 0 atom stereocenters. The van der Waals surface area contributed by atoms with Crippen molar-refractivity contribution in [1.82, 2.24) is 15.1 Å². The van der Waals surface area contributed by atoms with Crippen LogP contribution in [0, 0.1) is 11.6 Å². The van der Waals surface area contributed by atoms with Crippen LogP contribution in [-0.4, -0.2) is 34.6 Å². The third kappa shape index (κ3) is 2.74. The first-order valence-electron chi connectivity index (χ1n) is 6.85. The number of hydrogen-bond donors (Lipinski definition) is 1. The Balaban J connectivity index is 1.85. The molecule has 0 spiro atoms. The van der Waals surface area contributed by atoms with Crippen LogP contribution >= 0.6 is 0 Å². The first-order valence-corrected chi connectivity index (χ1v) is 6.85. The second-order valence-corrected chi connectivity index (χ2v) is 5.09. The molecule has 1 aromatic carbocycles. The fourth-order valence-corrected chi connectivity index (χ4v) is 2.48. The van der Waals surface area contributed by atoms with Gasteiger partial charge in [0.2, 0.25) is 0 Å². The number of hydrogen-bond acceptors (Lipinski definition) is 4. The van der Waals surface area contributed by atoms with Gasteiger partial charge in [-0.1, -0.05) is 0 Å². The van der Waals surface area contributed by atoms with E-state index >= 15 is 0 Å². The number of carbonyl (C=O) groups excluding carboxylic acids is 1. The van der Waals surface area contributed by atoms with Gasteiger partial charge in [-0.3, -0.25) is 4.79 Å². The van der Waals surface area contributed by atoms with Crippen molar-refractivity contribution < 1.29 is 13.6 Å². The maximum absolute atomic E-state index is 13.3. The summed E-state index contributed by atoms with van der Waals surface area (Å²) in [4.78, 5) is 14.0. The Bertz CT molecular complexity index is 715. The van der Waals surface area contributed by atoms with Crippen molar-refractivity contribution in [3.63, 3.8) is 0 Å². The lowest BCUT2D eigenvalue weighted by Crippen LogP contribution is -2.36. The number of aromatic nitrogens is 2. The van der Waals surface area contributed by atoms with Gasteiger partial charge in [0.15, 0.2) is 0 Å². The summed E-state index contributed by atoms with van der Waals surface area (Å²) in [5.74, 6) is -1.30. The molecule has 0 unspecified atom stereocenters. The van der Waals surface area contributed by atoms with E-state index in [0.717, 1.165) is 29.5 Å². The molecule has 0 fully saturated rings. The highest BCUT2D eigenvalue weighted by molar-refractivity contribution is 5.94. The normalized spacial score (nSPS) is 13.7. The third-order valence-electron chi connectivity index (χ3n) is 3.59. The van der Waals surface area contributed by atoms with Crippen LogP contribution in [-0.2, 0) is 13.0 Å². The Hall–Kier alpha value is -2.57. The molecule has 0 bridgehead atoms. The molecule has 0 saturated heterocycles. The summed E-state index contributed by atoms with van der Waals surface area (Å²) < 4.78 is 26.5. The largest absolute Gasteiger partial charge is 0.372 e. The van der Waals surface area contributed by atoms with Crippen molar-refractivity contribution in [1.29, 1.82) is 0 Å². The summed E-state index contributed by atoms with van der Waals surface area (Å²) in [6, 6.07) is 4.67. The van der Waals surface area contributed by atoms with Crippen molar-refractivity contribution in [3.05, 3.63) is 52.7 Å². The Kier molecular flexibility index (Phi) is 3.70. The van der Waals surface area contributed by atoms with Gasteiger partial charge < -0.3 is 10.2 Å². The monoisotopic (exact) mass is 304 g/mol. The molecule has 1 aromatic heterocycles. The molecule has 0 radical (unpaired) electrons. The molecule has 2 heterocycles. The lowest BCUT2D eigenvalue weighted by atomic mass is 10.0. The Morgan fingerprint density at radius 3 is 2.59 bits per heavy atom. The van der Waals surface area contributed by atoms with Crippen molar-refractivity contribution in [3.8, 4) is 0 Å². The molecule has 2 aromatic rings. The molecule has 3 rings (SSSR count). The number of fused-ring (bicyclic) bond motifs is 1. The van der Waals surface area contributed by atoms with Gasteiger partial charge in [-0.25, -0.2) is 8.78 Å². The van der Waals surface area contributed by atoms with Crippen LogP contribution in [0.15, 0.2) is 24.3 Å². The Labute approximate surface area is 126 Å². The van der Waals surface area contributed by atoms with Crippen LogP contribution < -0.4 is 5.32 Å². The lowest BCUT2D eigenvalue weighted by Gasteiger charge is -2.28. The van der Waals surface area contributed by atoms with Gasteiger partial charge in [0, 0.05) is 38.2 Å². The maximum Gasteiger partial charge on any atom is 0.254 e. The fraction of sp³-hybridized carbons (Fsp3) is 0.267. The van der Waals surface area contributed by atoms with Crippen LogP contribution in [0.25, 0.3) is 0 Å². The van der Waals surface area contributed by atoms with Crippen molar-refractivity contribution in [2.75, 3.05) is 18.9 Å². The molecule has 1 aliphatic heterocycles. The topological polar surface area (TPSA) is 58.1 Å². The van der Waals surface area contributed by atoms with Crippen LogP contribution in [0.3, 0.4) is 0 Å². The summed E-state index contributed by atoms with van der Waals surface area (Å²) in [5, 5.41) is 11.0. The highest BCUT2D eigenvalue weighted by Crippen LogP contribution is 2.21. The molecule has 1 N–H and O–H groups in total. The van der Waals surface area contributed by atoms with Gasteiger partial charge in [-0.2, -0.15) is 5.10 Å². The molecule has 22 heavy (non-hydrogen) atoms. The molecular formula is C15H14F2N4O. The van der Waals surface area contributed by atoms with E-state index in [9.17, 15) is 13.6 Å². The third-order valence-corrected chi connectivity index (χ3v) is 3.59. The predicted molar refractivity (Wildman–Crippen MR) is 76.4 cm³/mol. The van der Waals surface area contributed by atoms with Gasteiger partial charge in [-0.15, -0.1) is 5.10 Å². The van der Waals surface area contributed by atoms with Crippen LogP contribution in [0.5, 0.6) is 0 Å². The van der Waals surface area contributed by atoms with E-state index in [1.165, 1.54) is 0 Å². The minimum atomic E-state index is -0.760. The summed E-state index contributed by atoms with van der Waals surface area (Å²) in [6.45, 7) is 0.786. The minimum Gasteiger partial charge on any atom is -0.372 e. The van der Waals surface area contributed by atoms with Crippen molar-refractivity contribution >= 4 is 11.7 Å². The average Bonchev–Trinajstić information content (AvgIpc) is 2.52. The van der Waals surface area contributed by atoms with Gasteiger partial charge >= 0.3 is 0 Å². The maximum atomic E-state index is 13.3.